The molecule has 122 valence electrons. The minimum atomic E-state index is -0.568. The Labute approximate surface area is 141 Å². The summed E-state index contributed by atoms with van der Waals surface area (Å²) in [5.41, 5.74) is 1.73. The van der Waals surface area contributed by atoms with Crippen LogP contribution in [0.2, 0.25) is 0 Å². The molecule has 2 rings (SSSR count). The molecule has 0 saturated heterocycles. The number of benzene rings is 1. The van der Waals surface area contributed by atoms with Crippen LogP contribution in [0.5, 0.6) is 0 Å². The van der Waals surface area contributed by atoms with Crippen molar-refractivity contribution in [1.82, 2.24) is 4.90 Å². The molecule has 0 spiro atoms. The molecule has 1 heterocycles. The van der Waals surface area contributed by atoms with E-state index in [1.165, 1.54) is 7.11 Å². The molecule has 5 nitrogen and oxygen atoms in total. The number of amides is 2. The maximum absolute atomic E-state index is 12.6. The van der Waals surface area contributed by atoms with Crippen LogP contribution >= 0.6 is 0 Å². The fourth-order valence-electron chi connectivity index (χ4n) is 2.36. The van der Waals surface area contributed by atoms with Gasteiger partial charge in [-0.25, -0.2) is 0 Å². The zero-order valence-corrected chi connectivity index (χ0v) is 13.7. The van der Waals surface area contributed by atoms with Gasteiger partial charge in [-0.05, 0) is 24.1 Å². The van der Waals surface area contributed by atoms with Crippen LogP contribution in [0.15, 0.2) is 59.2 Å². The fourth-order valence-corrected chi connectivity index (χ4v) is 2.36. The van der Waals surface area contributed by atoms with E-state index in [4.69, 9.17) is 4.74 Å². The lowest BCUT2D eigenvalue weighted by atomic mass is 9.95. The van der Waals surface area contributed by atoms with Crippen molar-refractivity contribution in [1.29, 1.82) is 5.26 Å². The van der Waals surface area contributed by atoms with Crippen LogP contribution < -0.4 is 0 Å². The third-order valence-electron chi connectivity index (χ3n) is 3.70. The van der Waals surface area contributed by atoms with Crippen molar-refractivity contribution in [3.63, 3.8) is 0 Å². The van der Waals surface area contributed by atoms with Crippen molar-refractivity contribution >= 4 is 17.9 Å². The average molecular weight is 322 g/mol. The number of carbonyl (C=O) groups is 2. The van der Waals surface area contributed by atoms with E-state index in [0.29, 0.717) is 11.1 Å². The van der Waals surface area contributed by atoms with E-state index in [9.17, 15) is 14.9 Å². The molecular weight excluding hydrogens is 304 g/mol. The summed E-state index contributed by atoms with van der Waals surface area (Å²) in [6.07, 6.45) is 5.23. The number of imide groups is 1. The van der Waals surface area contributed by atoms with Gasteiger partial charge in [-0.2, -0.15) is 5.26 Å². The molecule has 5 heteroatoms. The molecule has 0 saturated carbocycles. The summed E-state index contributed by atoms with van der Waals surface area (Å²) < 4.78 is 4.93. The Morgan fingerprint density at radius 3 is 2.54 bits per heavy atom. The van der Waals surface area contributed by atoms with Gasteiger partial charge in [0.15, 0.2) is 0 Å². The molecule has 0 N–H and O–H groups in total. The Morgan fingerprint density at radius 1 is 1.21 bits per heavy atom. The lowest BCUT2D eigenvalue weighted by molar-refractivity contribution is -0.141. The SMILES string of the molecule is COCCN1C(=O)C(=CC=Cc2ccccc2)C(C)=C(C#N)C1=O. The second kappa shape index (κ2) is 8.04. The van der Waals surface area contributed by atoms with Gasteiger partial charge in [0, 0.05) is 12.7 Å². The standard InChI is InChI=1S/C19H18N2O3/c1-14-16(10-6-9-15-7-4-3-5-8-15)18(22)21(11-12-24-2)19(23)17(14)13-20/h3-10H,11-12H2,1-2H3. The van der Waals surface area contributed by atoms with Gasteiger partial charge < -0.3 is 4.74 Å². The number of nitriles is 1. The highest BCUT2D eigenvalue weighted by atomic mass is 16.5. The number of methoxy groups -OCH3 is 1. The average Bonchev–Trinajstić information content (AvgIpc) is 2.59. The van der Waals surface area contributed by atoms with E-state index in [1.54, 1.807) is 19.1 Å². The van der Waals surface area contributed by atoms with Gasteiger partial charge in [0.25, 0.3) is 11.8 Å². The zero-order chi connectivity index (χ0) is 17.5. The molecule has 1 aromatic carbocycles. The molecule has 0 bridgehead atoms. The smallest absolute Gasteiger partial charge is 0.271 e. The van der Waals surface area contributed by atoms with E-state index >= 15 is 0 Å². The maximum Gasteiger partial charge on any atom is 0.271 e. The summed E-state index contributed by atoms with van der Waals surface area (Å²) in [7, 11) is 1.49. The van der Waals surface area contributed by atoms with Crippen LogP contribution in [0.1, 0.15) is 12.5 Å². The van der Waals surface area contributed by atoms with E-state index in [1.807, 2.05) is 42.5 Å². The maximum atomic E-state index is 12.6. The van der Waals surface area contributed by atoms with Crippen molar-refractivity contribution in [2.75, 3.05) is 20.3 Å². The summed E-state index contributed by atoms with van der Waals surface area (Å²) in [6, 6.07) is 11.5. The Kier molecular flexibility index (Phi) is 5.83. The molecule has 0 unspecified atom stereocenters. The van der Waals surface area contributed by atoms with Gasteiger partial charge in [-0.1, -0.05) is 42.5 Å². The van der Waals surface area contributed by atoms with E-state index in [2.05, 4.69) is 0 Å². The quantitative estimate of drug-likeness (QED) is 0.617. The summed E-state index contributed by atoms with van der Waals surface area (Å²) in [5.74, 6) is -0.979. The second-order valence-corrected chi connectivity index (χ2v) is 5.22. The summed E-state index contributed by atoms with van der Waals surface area (Å²) >= 11 is 0. The summed E-state index contributed by atoms with van der Waals surface area (Å²) in [5, 5.41) is 9.24. The second-order valence-electron chi connectivity index (χ2n) is 5.22. The van der Waals surface area contributed by atoms with E-state index in [0.717, 1.165) is 10.5 Å². The molecule has 0 aromatic heterocycles. The first-order valence-corrected chi connectivity index (χ1v) is 7.50. The van der Waals surface area contributed by atoms with Crippen LogP contribution in [0.3, 0.4) is 0 Å². The first kappa shape index (κ1) is 17.4. The van der Waals surface area contributed by atoms with Gasteiger partial charge in [-0.3, -0.25) is 14.5 Å². The highest BCUT2D eigenvalue weighted by Crippen LogP contribution is 2.25. The normalized spacial score (nSPS) is 17.0. The lowest BCUT2D eigenvalue weighted by Gasteiger charge is -2.26. The predicted molar refractivity (Wildman–Crippen MR) is 90.5 cm³/mol. The predicted octanol–water partition coefficient (Wildman–Crippen LogP) is 2.48. The Bertz CT molecular complexity index is 768. The molecule has 0 aliphatic carbocycles. The molecule has 1 aliphatic heterocycles. The van der Waals surface area contributed by atoms with Crippen LogP contribution in [0.25, 0.3) is 6.08 Å². The number of nitrogens with zero attached hydrogens (tertiary/aromatic N) is 2. The van der Waals surface area contributed by atoms with Crippen LogP contribution in [-0.2, 0) is 14.3 Å². The Hall–Kier alpha value is -2.97. The van der Waals surface area contributed by atoms with Gasteiger partial charge in [0.1, 0.15) is 11.6 Å². The topological polar surface area (TPSA) is 70.4 Å². The highest BCUT2D eigenvalue weighted by Gasteiger charge is 2.34. The van der Waals surface area contributed by atoms with E-state index < -0.39 is 11.8 Å². The first-order chi connectivity index (χ1) is 11.6. The largest absolute Gasteiger partial charge is 0.383 e. The Morgan fingerprint density at radius 2 is 1.92 bits per heavy atom. The zero-order valence-electron chi connectivity index (χ0n) is 13.7. The molecular formula is C19H18N2O3. The number of allylic oxidation sites excluding steroid dienone is 2. The van der Waals surface area contributed by atoms with Crippen LogP contribution in [0, 0.1) is 11.3 Å². The number of ether oxygens (including phenoxy) is 1. The molecule has 0 radical (unpaired) electrons. The van der Waals surface area contributed by atoms with Crippen molar-refractivity contribution in [3.05, 3.63) is 64.8 Å². The monoisotopic (exact) mass is 322 g/mol. The van der Waals surface area contributed by atoms with Crippen LogP contribution in [-0.4, -0.2) is 37.0 Å². The minimum absolute atomic E-state index is 0.00920. The highest BCUT2D eigenvalue weighted by molar-refractivity contribution is 6.18. The van der Waals surface area contributed by atoms with Crippen LogP contribution in [0.4, 0.5) is 0 Å². The number of hydrogen-bond acceptors (Lipinski definition) is 4. The molecule has 1 aliphatic rings. The van der Waals surface area contributed by atoms with Gasteiger partial charge in [0.2, 0.25) is 0 Å². The molecule has 1 aromatic rings. The summed E-state index contributed by atoms with van der Waals surface area (Å²) in [4.78, 5) is 25.9. The number of hydrogen-bond donors (Lipinski definition) is 0. The molecule has 24 heavy (non-hydrogen) atoms. The fraction of sp³-hybridized carbons (Fsp3) is 0.211. The third-order valence-corrected chi connectivity index (χ3v) is 3.70. The van der Waals surface area contributed by atoms with Crippen molar-refractivity contribution < 1.29 is 14.3 Å². The molecule has 2 amide bonds. The molecule has 0 fully saturated rings. The van der Waals surface area contributed by atoms with Crippen molar-refractivity contribution in [2.45, 2.75) is 6.92 Å². The van der Waals surface area contributed by atoms with E-state index in [-0.39, 0.29) is 18.7 Å². The lowest BCUT2D eigenvalue weighted by Crippen LogP contribution is -2.44. The number of carbonyl (C=O) groups excluding carboxylic acids is 2. The number of rotatable bonds is 5. The summed E-state index contributed by atoms with van der Waals surface area (Å²) in [6.45, 7) is 1.96. The van der Waals surface area contributed by atoms with Gasteiger partial charge >= 0.3 is 0 Å². The van der Waals surface area contributed by atoms with Crippen molar-refractivity contribution in [2.24, 2.45) is 0 Å². The third kappa shape index (κ3) is 3.67. The van der Waals surface area contributed by atoms with Crippen molar-refractivity contribution in [3.8, 4) is 6.07 Å². The minimum Gasteiger partial charge on any atom is -0.383 e. The van der Waals surface area contributed by atoms with Gasteiger partial charge in [-0.15, -0.1) is 0 Å². The molecule has 0 atom stereocenters. The van der Waals surface area contributed by atoms with Gasteiger partial charge in [0.05, 0.1) is 13.2 Å². The first-order valence-electron chi connectivity index (χ1n) is 7.50. The Balaban J connectivity index is 2.35.